The van der Waals surface area contributed by atoms with E-state index in [2.05, 4.69) is 0 Å². The number of rotatable bonds is 10. The van der Waals surface area contributed by atoms with Gasteiger partial charge < -0.3 is 10.5 Å². The largest absolute Gasteiger partial charge is 0.381 e. The lowest BCUT2D eigenvalue weighted by Gasteiger charge is -2.29. The zero-order valence-corrected chi connectivity index (χ0v) is 12.0. The van der Waals surface area contributed by atoms with Crippen LogP contribution in [0, 0.1) is 0 Å². The lowest BCUT2D eigenvalue weighted by atomic mass is 10.2. The van der Waals surface area contributed by atoms with Crippen molar-refractivity contribution in [2.24, 2.45) is 5.73 Å². The number of hydrogen-bond donors (Lipinski definition) is 1. The Balaban J connectivity index is 4.65. The molecule has 104 valence electrons. The van der Waals surface area contributed by atoms with Crippen LogP contribution >= 0.6 is 0 Å². The second-order valence-electron chi connectivity index (χ2n) is 3.88. The van der Waals surface area contributed by atoms with E-state index in [1.165, 1.54) is 4.31 Å². The number of ether oxygens (including phenoxy) is 1. The standard InChI is InChI=1S/C11H26N2O3S/c1-4-11(5-2)13(8-7-12)17(14,15)10-9-16-6-3/h11H,4-10,12H2,1-3H3. The van der Waals surface area contributed by atoms with Crippen LogP contribution in [0.1, 0.15) is 33.6 Å². The third-order valence-electron chi connectivity index (χ3n) is 2.75. The van der Waals surface area contributed by atoms with Crippen molar-refractivity contribution in [2.45, 2.75) is 39.7 Å². The van der Waals surface area contributed by atoms with Gasteiger partial charge >= 0.3 is 0 Å². The molecule has 17 heavy (non-hydrogen) atoms. The first-order chi connectivity index (χ1) is 8.03. The van der Waals surface area contributed by atoms with E-state index >= 15 is 0 Å². The molecule has 0 atom stereocenters. The highest BCUT2D eigenvalue weighted by Gasteiger charge is 2.26. The summed E-state index contributed by atoms with van der Waals surface area (Å²) in [6.07, 6.45) is 1.62. The maximum Gasteiger partial charge on any atom is 0.216 e. The molecule has 0 unspecified atom stereocenters. The predicted molar refractivity (Wildman–Crippen MR) is 70.4 cm³/mol. The van der Waals surface area contributed by atoms with E-state index in [1.807, 2.05) is 20.8 Å². The molecule has 2 N–H and O–H groups in total. The Hall–Kier alpha value is -0.170. The van der Waals surface area contributed by atoms with Crippen molar-refractivity contribution in [3.05, 3.63) is 0 Å². The van der Waals surface area contributed by atoms with Gasteiger partial charge in [-0.2, -0.15) is 4.31 Å². The van der Waals surface area contributed by atoms with Gasteiger partial charge in [0, 0.05) is 25.7 Å². The molecule has 0 aliphatic rings. The summed E-state index contributed by atoms with van der Waals surface area (Å²) in [7, 11) is -3.25. The monoisotopic (exact) mass is 266 g/mol. The molecule has 0 aromatic rings. The Kier molecular flexibility index (Phi) is 8.77. The third kappa shape index (κ3) is 5.81. The van der Waals surface area contributed by atoms with E-state index < -0.39 is 10.0 Å². The van der Waals surface area contributed by atoms with Crippen LogP contribution in [-0.2, 0) is 14.8 Å². The molecule has 5 nitrogen and oxygen atoms in total. The minimum atomic E-state index is -3.25. The van der Waals surface area contributed by atoms with Crippen LogP contribution in [0.2, 0.25) is 0 Å². The average Bonchev–Trinajstić information content (AvgIpc) is 2.29. The Morgan fingerprint density at radius 2 is 1.82 bits per heavy atom. The predicted octanol–water partition coefficient (Wildman–Crippen LogP) is 0.802. The second kappa shape index (κ2) is 8.85. The van der Waals surface area contributed by atoms with Gasteiger partial charge in [0.1, 0.15) is 0 Å². The third-order valence-corrected chi connectivity index (χ3v) is 4.62. The fourth-order valence-corrected chi connectivity index (χ4v) is 3.50. The molecular weight excluding hydrogens is 240 g/mol. The van der Waals surface area contributed by atoms with E-state index in [1.54, 1.807) is 0 Å². The van der Waals surface area contributed by atoms with Crippen LogP contribution in [0.3, 0.4) is 0 Å². The molecule has 0 saturated heterocycles. The Morgan fingerprint density at radius 3 is 2.24 bits per heavy atom. The van der Waals surface area contributed by atoms with Crippen molar-refractivity contribution in [1.82, 2.24) is 4.31 Å². The van der Waals surface area contributed by atoms with E-state index in [0.717, 1.165) is 12.8 Å². The SMILES string of the molecule is CCOCCS(=O)(=O)N(CCN)C(CC)CC. The van der Waals surface area contributed by atoms with E-state index in [0.29, 0.717) is 19.7 Å². The van der Waals surface area contributed by atoms with E-state index in [4.69, 9.17) is 10.5 Å². The Morgan fingerprint density at radius 1 is 1.24 bits per heavy atom. The van der Waals surface area contributed by atoms with Crippen molar-refractivity contribution in [3.63, 3.8) is 0 Å². The van der Waals surface area contributed by atoms with Gasteiger partial charge in [0.15, 0.2) is 0 Å². The Labute approximate surface area is 105 Å². The molecule has 0 fully saturated rings. The first kappa shape index (κ1) is 16.8. The van der Waals surface area contributed by atoms with Gasteiger partial charge in [0.25, 0.3) is 0 Å². The number of nitrogens with zero attached hydrogens (tertiary/aromatic N) is 1. The van der Waals surface area contributed by atoms with Gasteiger partial charge in [-0.3, -0.25) is 0 Å². The molecule has 0 rings (SSSR count). The summed E-state index contributed by atoms with van der Waals surface area (Å²) in [5.74, 6) is 0.0390. The summed E-state index contributed by atoms with van der Waals surface area (Å²) in [5, 5.41) is 0. The lowest BCUT2D eigenvalue weighted by molar-refractivity contribution is 0.161. The van der Waals surface area contributed by atoms with Gasteiger partial charge in [0.2, 0.25) is 10.0 Å². The van der Waals surface area contributed by atoms with Crippen molar-refractivity contribution in [3.8, 4) is 0 Å². The smallest absolute Gasteiger partial charge is 0.216 e. The summed E-state index contributed by atoms with van der Waals surface area (Å²) in [5.41, 5.74) is 5.49. The molecule has 0 radical (unpaired) electrons. The fourth-order valence-electron chi connectivity index (χ4n) is 1.80. The first-order valence-corrected chi connectivity index (χ1v) is 7.91. The van der Waals surface area contributed by atoms with Crippen LogP contribution < -0.4 is 5.73 Å². The lowest BCUT2D eigenvalue weighted by Crippen LogP contribution is -2.44. The molecule has 6 heteroatoms. The minimum Gasteiger partial charge on any atom is -0.381 e. The molecule has 0 aliphatic heterocycles. The zero-order valence-electron chi connectivity index (χ0n) is 11.2. The first-order valence-electron chi connectivity index (χ1n) is 6.30. The van der Waals surface area contributed by atoms with Gasteiger partial charge in [-0.1, -0.05) is 13.8 Å². The van der Waals surface area contributed by atoms with Gasteiger partial charge in [-0.15, -0.1) is 0 Å². The fraction of sp³-hybridized carbons (Fsp3) is 1.00. The molecule has 0 spiro atoms. The zero-order chi connectivity index (χ0) is 13.3. The van der Waals surface area contributed by atoms with Crippen LogP contribution in [0.4, 0.5) is 0 Å². The molecule has 0 aromatic heterocycles. The summed E-state index contributed by atoms with van der Waals surface area (Å²) in [6, 6.07) is 0.0465. The van der Waals surface area contributed by atoms with Crippen LogP contribution in [-0.4, -0.2) is 50.8 Å². The maximum atomic E-state index is 12.1. The highest BCUT2D eigenvalue weighted by Crippen LogP contribution is 2.13. The summed E-state index contributed by atoms with van der Waals surface area (Å²) >= 11 is 0. The van der Waals surface area contributed by atoms with Crippen molar-refractivity contribution < 1.29 is 13.2 Å². The molecule has 0 bridgehead atoms. The van der Waals surface area contributed by atoms with Crippen LogP contribution in [0.25, 0.3) is 0 Å². The molecule has 0 amide bonds. The van der Waals surface area contributed by atoms with Crippen molar-refractivity contribution in [2.75, 3.05) is 32.1 Å². The van der Waals surface area contributed by atoms with Crippen LogP contribution in [0.5, 0.6) is 0 Å². The van der Waals surface area contributed by atoms with E-state index in [9.17, 15) is 8.42 Å². The highest BCUT2D eigenvalue weighted by molar-refractivity contribution is 7.89. The van der Waals surface area contributed by atoms with Crippen molar-refractivity contribution >= 4 is 10.0 Å². The van der Waals surface area contributed by atoms with Gasteiger partial charge in [0.05, 0.1) is 12.4 Å². The number of nitrogens with two attached hydrogens (primary N) is 1. The number of sulfonamides is 1. The summed E-state index contributed by atoms with van der Waals surface area (Å²) in [6.45, 7) is 7.37. The van der Waals surface area contributed by atoms with Crippen LogP contribution in [0.15, 0.2) is 0 Å². The second-order valence-corrected chi connectivity index (χ2v) is 5.92. The minimum absolute atomic E-state index is 0.0390. The van der Waals surface area contributed by atoms with Gasteiger partial charge in [-0.05, 0) is 19.8 Å². The molecule has 0 saturated carbocycles. The average molecular weight is 266 g/mol. The molecule has 0 heterocycles. The summed E-state index contributed by atoms with van der Waals surface area (Å²) in [4.78, 5) is 0. The molecule has 0 aliphatic carbocycles. The quantitative estimate of drug-likeness (QED) is 0.594. The Bertz CT molecular complexity index is 276. The summed E-state index contributed by atoms with van der Waals surface area (Å²) < 4.78 is 30.9. The number of hydrogen-bond acceptors (Lipinski definition) is 4. The topological polar surface area (TPSA) is 72.6 Å². The van der Waals surface area contributed by atoms with E-state index in [-0.39, 0.29) is 18.4 Å². The van der Waals surface area contributed by atoms with Crippen molar-refractivity contribution in [1.29, 1.82) is 0 Å². The molecule has 0 aromatic carbocycles. The normalized spacial score (nSPS) is 12.6. The highest BCUT2D eigenvalue weighted by atomic mass is 32.2. The van der Waals surface area contributed by atoms with Gasteiger partial charge in [-0.25, -0.2) is 8.42 Å². The maximum absolute atomic E-state index is 12.1. The molecular formula is C11H26N2O3S.